The lowest BCUT2D eigenvalue weighted by Crippen LogP contribution is -2.03. The normalized spacial score (nSPS) is 11.7. The van der Waals surface area contributed by atoms with Crippen molar-refractivity contribution in [1.29, 1.82) is 0 Å². The van der Waals surface area contributed by atoms with Gasteiger partial charge in [0, 0.05) is 0 Å². The summed E-state index contributed by atoms with van der Waals surface area (Å²) in [6.45, 7) is 0. The van der Waals surface area contributed by atoms with Crippen molar-refractivity contribution in [3.05, 3.63) is 29.6 Å². The lowest BCUT2D eigenvalue weighted by molar-refractivity contribution is 0.460. The molecule has 1 nitrogen and oxygen atoms in total. The maximum atomic E-state index is 12.9. The van der Waals surface area contributed by atoms with Gasteiger partial charge in [0.05, 0.1) is 5.56 Å². The predicted octanol–water partition coefficient (Wildman–Crippen LogP) is 3.36. The molecule has 1 N–H and O–H groups in total. The molecule has 0 bridgehead atoms. The summed E-state index contributed by atoms with van der Waals surface area (Å²) < 4.78 is 11.0. The van der Waals surface area contributed by atoms with E-state index in [0.717, 1.165) is 6.07 Å². The van der Waals surface area contributed by atoms with Gasteiger partial charge in [-0.2, -0.15) is 0 Å². The number of hydrogen-bond acceptors (Lipinski definition) is 1. The summed E-state index contributed by atoms with van der Waals surface area (Å²) in [5.41, 5.74) is -0.324. The van der Waals surface area contributed by atoms with Gasteiger partial charge >= 0.3 is 0 Å². The molecule has 0 atom stereocenters. The topological polar surface area (TPSA) is 20.2 Å². The Hall–Kier alpha value is -0.180. The van der Waals surface area contributed by atoms with Crippen molar-refractivity contribution >= 4 is 34.8 Å². The van der Waals surface area contributed by atoms with Crippen molar-refractivity contribution < 1.29 is 9.50 Å². The molecule has 1 aromatic rings. The minimum atomic E-state index is -1.94. The van der Waals surface area contributed by atoms with Crippen LogP contribution in [0.5, 0.6) is 5.75 Å². The summed E-state index contributed by atoms with van der Waals surface area (Å²) in [6.07, 6.45) is 0. The fourth-order valence-corrected chi connectivity index (χ4v) is 1.35. The number of alkyl halides is 3. The van der Waals surface area contributed by atoms with Crippen LogP contribution in [-0.4, -0.2) is 5.11 Å². The van der Waals surface area contributed by atoms with E-state index >= 15 is 0 Å². The van der Waals surface area contributed by atoms with E-state index in [4.69, 9.17) is 39.9 Å². The average molecular weight is 229 g/mol. The number of hydrogen-bond donors (Lipinski definition) is 1. The summed E-state index contributed by atoms with van der Waals surface area (Å²) in [5, 5.41) is 9.13. The van der Waals surface area contributed by atoms with Crippen molar-refractivity contribution in [3.8, 4) is 5.75 Å². The van der Waals surface area contributed by atoms with Gasteiger partial charge in [-0.25, -0.2) is 4.39 Å². The molecule has 0 saturated heterocycles. The third-order valence-electron chi connectivity index (χ3n) is 1.28. The molecule has 0 radical (unpaired) electrons. The van der Waals surface area contributed by atoms with Gasteiger partial charge in [0.15, 0.2) is 0 Å². The van der Waals surface area contributed by atoms with Crippen LogP contribution in [0.15, 0.2) is 18.2 Å². The summed E-state index contributed by atoms with van der Waals surface area (Å²) >= 11 is 16.2. The number of benzene rings is 1. The monoisotopic (exact) mass is 228 g/mol. The highest BCUT2D eigenvalue weighted by atomic mass is 35.6. The first-order valence-corrected chi connectivity index (χ1v) is 4.11. The van der Waals surface area contributed by atoms with Crippen LogP contribution in [0.3, 0.4) is 0 Å². The van der Waals surface area contributed by atoms with Crippen molar-refractivity contribution in [2.24, 2.45) is 0 Å². The fourth-order valence-electron chi connectivity index (χ4n) is 0.793. The zero-order valence-electron chi connectivity index (χ0n) is 5.69. The van der Waals surface area contributed by atoms with E-state index in [1.807, 2.05) is 0 Å². The second-order valence-electron chi connectivity index (χ2n) is 2.13. The Bertz CT molecular complexity index is 275. The molecule has 0 fully saturated rings. The van der Waals surface area contributed by atoms with Crippen LogP contribution in [0.25, 0.3) is 0 Å². The van der Waals surface area contributed by atoms with E-state index in [0.29, 0.717) is 0 Å². The third kappa shape index (κ3) is 1.94. The lowest BCUT2D eigenvalue weighted by Gasteiger charge is -2.13. The molecule has 0 unspecified atom stereocenters. The summed E-state index contributed by atoms with van der Waals surface area (Å²) in [6, 6.07) is 3.68. The Labute approximate surface area is 83.7 Å². The molecule has 0 amide bonds. The van der Waals surface area contributed by atoms with Gasteiger partial charge < -0.3 is 5.11 Å². The molecule has 0 saturated carbocycles. The minimum Gasteiger partial charge on any atom is -0.507 e. The summed E-state index contributed by atoms with van der Waals surface area (Å²) in [7, 11) is 0. The number of rotatable bonds is 0. The maximum Gasteiger partial charge on any atom is 0.222 e. The number of aromatic hydroxyl groups is 1. The number of phenolic OH excluding ortho intramolecular Hbond substituents is 1. The van der Waals surface area contributed by atoms with Gasteiger partial charge in [-0.05, 0) is 12.1 Å². The molecule has 0 aromatic heterocycles. The zero-order chi connectivity index (χ0) is 9.35. The maximum absolute atomic E-state index is 12.9. The van der Waals surface area contributed by atoms with Gasteiger partial charge in [-0.3, -0.25) is 0 Å². The van der Waals surface area contributed by atoms with Gasteiger partial charge in [0.1, 0.15) is 11.6 Å². The molecule has 0 aliphatic rings. The largest absolute Gasteiger partial charge is 0.507 e. The molecule has 1 aromatic carbocycles. The first kappa shape index (κ1) is 9.90. The van der Waals surface area contributed by atoms with E-state index in [1.165, 1.54) is 12.1 Å². The third-order valence-corrected chi connectivity index (χ3v) is 1.84. The SMILES string of the molecule is Oc1cccc(F)c1C(Cl)(Cl)Cl. The first-order chi connectivity index (χ1) is 5.43. The highest BCUT2D eigenvalue weighted by Gasteiger charge is 2.29. The molecule has 0 aliphatic carbocycles. The standard InChI is InChI=1S/C7H4Cl3FO/c8-7(9,10)6-4(11)2-1-3-5(6)12/h1-3,12H. The van der Waals surface area contributed by atoms with E-state index in [2.05, 4.69) is 0 Å². The van der Waals surface area contributed by atoms with Gasteiger partial charge in [-0.15, -0.1) is 0 Å². The van der Waals surface area contributed by atoms with Crippen LogP contribution in [0.2, 0.25) is 0 Å². The van der Waals surface area contributed by atoms with Crippen molar-refractivity contribution in [2.75, 3.05) is 0 Å². The van der Waals surface area contributed by atoms with E-state index in [9.17, 15) is 4.39 Å². The van der Waals surface area contributed by atoms with Gasteiger partial charge in [0.2, 0.25) is 3.79 Å². The Morgan fingerprint density at radius 1 is 1.25 bits per heavy atom. The fraction of sp³-hybridized carbons (Fsp3) is 0.143. The molecule has 5 heteroatoms. The van der Waals surface area contributed by atoms with Crippen LogP contribution < -0.4 is 0 Å². The van der Waals surface area contributed by atoms with Crippen LogP contribution in [-0.2, 0) is 3.79 Å². The number of halogens is 4. The summed E-state index contributed by atoms with van der Waals surface area (Å²) in [4.78, 5) is 0. The predicted molar refractivity (Wildman–Crippen MR) is 47.3 cm³/mol. The highest BCUT2D eigenvalue weighted by molar-refractivity contribution is 6.66. The first-order valence-electron chi connectivity index (χ1n) is 2.97. The van der Waals surface area contributed by atoms with Crippen molar-refractivity contribution in [2.45, 2.75) is 3.79 Å². The van der Waals surface area contributed by atoms with E-state index in [-0.39, 0.29) is 11.3 Å². The quantitative estimate of drug-likeness (QED) is 0.676. The van der Waals surface area contributed by atoms with Crippen LogP contribution in [0.1, 0.15) is 5.56 Å². The second-order valence-corrected chi connectivity index (χ2v) is 4.41. The number of phenols is 1. The van der Waals surface area contributed by atoms with Gasteiger partial charge in [-0.1, -0.05) is 40.9 Å². The highest BCUT2D eigenvalue weighted by Crippen LogP contribution is 2.43. The average Bonchev–Trinajstić information content (AvgIpc) is 1.82. The zero-order valence-corrected chi connectivity index (χ0v) is 7.96. The van der Waals surface area contributed by atoms with Crippen LogP contribution in [0.4, 0.5) is 4.39 Å². The van der Waals surface area contributed by atoms with Crippen molar-refractivity contribution in [1.82, 2.24) is 0 Å². The van der Waals surface area contributed by atoms with E-state index < -0.39 is 9.61 Å². The molecule has 1 rings (SSSR count). The van der Waals surface area contributed by atoms with Crippen LogP contribution in [0, 0.1) is 5.82 Å². The molecule has 66 valence electrons. The van der Waals surface area contributed by atoms with Gasteiger partial charge in [0.25, 0.3) is 0 Å². The minimum absolute atomic E-state index is 0.324. The second kappa shape index (κ2) is 3.29. The Balaban J connectivity index is 3.31. The molecule has 0 aliphatic heterocycles. The van der Waals surface area contributed by atoms with E-state index in [1.54, 1.807) is 0 Å². The molecule has 0 heterocycles. The Morgan fingerprint density at radius 2 is 1.83 bits per heavy atom. The Morgan fingerprint density at radius 3 is 2.17 bits per heavy atom. The lowest BCUT2D eigenvalue weighted by atomic mass is 10.2. The molecule has 12 heavy (non-hydrogen) atoms. The smallest absolute Gasteiger partial charge is 0.222 e. The molecular weight excluding hydrogens is 225 g/mol. The molecular formula is C7H4Cl3FO. The summed E-state index contributed by atoms with van der Waals surface area (Å²) in [5.74, 6) is -1.11. The molecule has 0 spiro atoms. The Kier molecular flexibility index (Phi) is 2.71. The van der Waals surface area contributed by atoms with Crippen LogP contribution >= 0.6 is 34.8 Å². The van der Waals surface area contributed by atoms with Crippen molar-refractivity contribution in [3.63, 3.8) is 0 Å².